The maximum atomic E-state index is 13.1. The Morgan fingerprint density at radius 1 is 1.32 bits per heavy atom. The van der Waals surface area contributed by atoms with E-state index in [0.29, 0.717) is 17.1 Å². The minimum absolute atomic E-state index is 0.0122. The zero-order chi connectivity index (χ0) is 19.4. The normalized spacial score (nSPS) is 16.6. The molecular formula is C20H17BrN4O2S. The van der Waals surface area contributed by atoms with Gasteiger partial charge in [0.2, 0.25) is 0 Å². The van der Waals surface area contributed by atoms with E-state index in [1.807, 2.05) is 12.1 Å². The van der Waals surface area contributed by atoms with Crippen LogP contribution in [0, 0.1) is 5.92 Å². The summed E-state index contributed by atoms with van der Waals surface area (Å²) in [5.41, 5.74) is 2.12. The molecule has 1 aliphatic carbocycles. The minimum Gasteiger partial charge on any atom is -0.292 e. The Balaban J connectivity index is 1.71. The second-order valence-electron chi connectivity index (χ2n) is 7.33. The predicted molar refractivity (Wildman–Crippen MR) is 112 cm³/mol. The molecule has 142 valence electrons. The molecule has 0 unspecified atom stereocenters. The number of thiophene rings is 1. The highest BCUT2D eigenvalue weighted by atomic mass is 79.9. The molecule has 0 saturated carbocycles. The van der Waals surface area contributed by atoms with Crippen LogP contribution in [0.1, 0.15) is 34.1 Å². The molecule has 1 aliphatic rings. The van der Waals surface area contributed by atoms with Crippen molar-refractivity contribution in [2.75, 3.05) is 0 Å². The molecule has 0 amide bonds. The Morgan fingerprint density at radius 3 is 2.89 bits per heavy atom. The van der Waals surface area contributed by atoms with Gasteiger partial charge >= 0.3 is 5.69 Å². The van der Waals surface area contributed by atoms with E-state index >= 15 is 0 Å². The number of rotatable bonds is 3. The molecule has 1 atom stereocenters. The lowest BCUT2D eigenvalue weighted by atomic mass is 9.89. The third-order valence-corrected chi connectivity index (χ3v) is 7.23. The Hall–Kier alpha value is -2.32. The summed E-state index contributed by atoms with van der Waals surface area (Å²) < 4.78 is 3.80. The second-order valence-corrected chi connectivity index (χ2v) is 9.33. The summed E-state index contributed by atoms with van der Waals surface area (Å²) in [6, 6.07) is 7.20. The number of carbonyl (C=O) groups excluding carboxylic acids is 1. The highest BCUT2D eigenvalue weighted by Gasteiger charge is 2.26. The maximum Gasteiger partial charge on any atom is 0.352 e. The van der Waals surface area contributed by atoms with Crippen LogP contribution in [0.3, 0.4) is 0 Å². The number of aryl methyl sites for hydroxylation is 1. The first kappa shape index (κ1) is 17.8. The molecule has 6 nitrogen and oxygen atoms in total. The van der Waals surface area contributed by atoms with Crippen molar-refractivity contribution in [3.05, 3.63) is 61.6 Å². The Bertz CT molecular complexity index is 1290. The van der Waals surface area contributed by atoms with E-state index in [9.17, 15) is 9.59 Å². The fourth-order valence-corrected chi connectivity index (χ4v) is 5.52. The van der Waals surface area contributed by atoms with Gasteiger partial charge in [-0.1, -0.05) is 35.0 Å². The smallest absolute Gasteiger partial charge is 0.292 e. The Labute approximate surface area is 173 Å². The number of Topliss-reactive ketones (excluding diaryl/α,β-unsaturated/α-hetero) is 1. The summed E-state index contributed by atoms with van der Waals surface area (Å²) in [7, 11) is 0. The number of fused-ring (bicyclic) bond motifs is 5. The average Bonchev–Trinajstić information content (AvgIpc) is 3.29. The van der Waals surface area contributed by atoms with E-state index in [2.05, 4.69) is 32.9 Å². The maximum absolute atomic E-state index is 13.1. The summed E-state index contributed by atoms with van der Waals surface area (Å²) in [6.45, 7) is 2.24. The van der Waals surface area contributed by atoms with Gasteiger partial charge in [-0.3, -0.25) is 9.36 Å². The topological polar surface area (TPSA) is 69.3 Å². The van der Waals surface area contributed by atoms with Gasteiger partial charge in [0.1, 0.15) is 11.2 Å². The molecule has 5 rings (SSSR count). The number of hydrogen-bond donors (Lipinski definition) is 0. The SMILES string of the molecule is C[C@@H]1CCc2sc3c(c2C1)c1ncnn1c(=O)n3CC(=O)c1ccc(Br)cc1. The first-order valence-corrected chi connectivity index (χ1v) is 10.8. The van der Waals surface area contributed by atoms with Gasteiger partial charge < -0.3 is 0 Å². The number of ketones is 1. The van der Waals surface area contributed by atoms with Crippen molar-refractivity contribution in [1.29, 1.82) is 0 Å². The summed E-state index contributed by atoms with van der Waals surface area (Å²) >= 11 is 5.00. The van der Waals surface area contributed by atoms with E-state index in [0.717, 1.165) is 34.0 Å². The lowest BCUT2D eigenvalue weighted by Crippen LogP contribution is -2.30. The van der Waals surface area contributed by atoms with Crippen LogP contribution in [-0.4, -0.2) is 24.9 Å². The Morgan fingerprint density at radius 2 is 2.11 bits per heavy atom. The van der Waals surface area contributed by atoms with Gasteiger partial charge in [0, 0.05) is 14.9 Å². The number of aromatic nitrogens is 4. The number of hydrogen-bond acceptors (Lipinski definition) is 5. The quantitative estimate of drug-likeness (QED) is 0.438. The van der Waals surface area contributed by atoms with Gasteiger partial charge in [0.25, 0.3) is 0 Å². The van der Waals surface area contributed by atoms with Crippen molar-refractivity contribution in [2.24, 2.45) is 5.92 Å². The summed E-state index contributed by atoms with van der Waals surface area (Å²) in [6.07, 6.45) is 4.53. The van der Waals surface area contributed by atoms with E-state index < -0.39 is 0 Å². The van der Waals surface area contributed by atoms with Crippen LogP contribution in [0.25, 0.3) is 15.9 Å². The van der Waals surface area contributed by atoms with Crippen LogP contribution >= 0.6 is 27.3 Å². The van der Waals surface area contributed by atoms with Crippen molar-refractivity contribution < 1.29 is 4.79 Å². The van der Waals surface area contributed by atoms with Crippen LogP contribution in [0.5, 0.6) is 0 Å². The molecule has 0 aliphatic heterocycles. The molecule has 3 heterocycles. The molecule has 4 aromatic rings. The third-order valence-electron chi connectivity index (χ3n) is 5.39. The van der Waals surface area contributed by atoms with Crippen molar-refractivity contribution in [1.82, 2.24) is 19.2 Å². The molecule has 0 radical (unpaired) electrons. The highest BCUT2D eigenvalue weighted by Crippen LogP contribution is 2.39. The van der Waals surface area contributed by atoms with Crippen molar-refractivity contribution >= 4 is 48.9 Å². The third kappa shape index (κ3) is 2.74. The zero-order valence-electron chi connectivity index (χ0n) is 15.2. The van der Waals surface area contributed by atoms with Gasteiger partial charge in [-0.15, -0.1) is 11.3 Å². The van der Waals surface area contributed by atoms with Gasteiger partial charge in [-0.25, -0.2) is 9.78 Å². The van der Waals surface area contributed by atoms with Crippen LogP contribution in [-0.2, 0) is 19.4 Å². The fourth-order valence-electron chi connectivity index (χ4n) is 3.93. The number of nitrogens with zero attached hydrogens (tertiary/aromatic N) is 4. The first-order valence-electron chi connectivity index (χ1n) is 9.18. The molecule has 0 fully saturated rings. The molecular weight excluding hydrogens is 440 g/mol. The van der Waals surface area contributed by atoms with Crippen molar-refractivity contribution in [3.63, 3.8) is 0 Å². The summed E-state index contributed by atoms with van der Waals surface area (Å²) in [4.78, 5) is 32.4. The van der Waals surface area contributed by atoms with Crippen molar-refractivity contribution in [3.8, 4) is 0 Å². The fraction of sp³-hybridized carbons (Fsp3) is 0.300. The molecule has 28 heavy (non-hydrogen) atoms. The van der Waals surface area contributed by atoms with Crippen LogP contribution in [0.4, 0.5) is 0 Å². The van der Waals surface area contributed by atoms with Crippen LogP contribution < -0.4 is 5.69 Å². The number of halogens is 1. The monoisotopic (exact) mass is 456 g/mol. The number of carbonyl (C=O) groups is 1. The van der Waals surface area contributed by atoms with Crippen molar-refractivity contribution in [2.45, 2.75) is 32.7 Å². The first-order chi connectivity index (χ1) is 13.5. The van der Waals surface area contributed by atoms with E-state index in [-0.39, 0.29) is 18.0 Å². The lowest BCUT2D eigenvalue weighted by Gasteiger charge is -2.17. The molecule has 0 N–H and O–H groups in total. The molecule has 0 bridgehead atoms. The summed E-state index contributed by atoms with van der Waals surface area (Å²) in [5, 5.41) is 5.11. The standard InChI is InChI=1S/C20H17BrN4O2S/c1-11-2-7-16-14(8-11)17-18-22-10-23-25(18)20(27)24(19(17)28-16)9-15(26)12-3-5-13(21)6-4-12/h3-6,10-11H,2,7-9H2,1H3/t11-/m1/s1. The average molecular weight is 457 g/mol. The zero-order valence-corrected chi connectivity index (χ0v) is 17.6. The van der Waals surface area contributed by atoms with Gasteiger partial charge in [-0.2, -0.15) is 9.61 Å². The van der Waals surface area contributed by atoms with Gasteiger partial charge in [0.05, 0.1) is 11.9 Å². The van der Waals surface area contributed by atoms with Crippen LogP contribution in [0.15, 0.2) is 39.9 Å². The summed E-state index contributed by atoms with van der Waals surface area (Å²) in [5.74, 6) is 0.494. The van der Waals surface area contributed by atoms with Gasteiger partial charge in [0.15, 0.2) is 11.4 Å². The predicted octanol–water partition coefficient (Wildman–Crippen LogP) is 3.88. The molecule has 1 aromatic carbocycles. The Kier molecular flexibility index (Phi) is 4.21. The number of benzene rings is 1. The second kappa shape index (κ2) is 6.63. The molecule has 8 heteroatoms. The van der Waals surface area contributed by atoms with Gasteiger partial charge in [-0.05, 0) is 42.9 Å². The molecule has 0 saturated heterocycles. The highest BCUT2D eigenvalue weighted by molar-refractivity contribution is 9.10. The largest absolute Gasteiger partial charge is 0.352 e. The molecule has 3 aromatic heterocycles. The van der Waals surface area contributed by atoms with Crippen LogP contribution in [0.2, 0.25) is 0 Å². The minimum atomic E-state index is -0.322. The van der Waals surface area contributed by atoms with E-state index in [4.69, 9.17) is 0 Å². The molecule has 0 spiro atoms. The van der Waals surface area contributed by atoms with E-state index in [1.54, 1.807) is 28.0 Å². The lowest BCUT2D eigenvalue weighted by molar-refractivity contribution is 0.0972. The van der Waals surface area contributed by atoms with E-state index in [1.165, 1.54) is 21.3 Å².